The van der Waals surface area contributed by atoms with Crippen LogP contribution in [-0.2, 0) is 0 Å². The van der Waals surface area contributed by atoms with Crippen LogP contribution in [0.15, 0.2) is 54.6 Å². The summed E-state index contributed by atoms with van der Waals surface area (Å²) in [6, 6.07) is 18.6. The van der Waals surface area contributed by atoms with Crippen molar-refractivity contribution in [1.82, 2.24) is 5.32 Å². The van der Waals surface area contributed by atoms with Gasteiger partial charge < -0.3 is 5.32 Å². The number of carbonyl (C=O) groups excluding carboxylic acids is 1. The Kier molecular flexibility index (Phi) is 3.45. The first-order chi connectivity index (χ1) is 10.8. The summed E-state index contributed by atoms with van der Waals surface area (Å²) in [5.41, 5.74) is 3.10. The molecule has 0 heterocycles. The van der Waals surface area contributed by atoms with E-state index >= 15 is 0 Å². The number of rotatable bonds is 3. The molecule has 2 aliphatic carbocycles. The van der Waals surface area contributed by atoms with Gasteiger partial charge in [-0.1, -0.05) is 48.9 Å². The fraction of sp³-hybridized carbons (Fsp3) is 0.350. The minimum Gasteiger partial charge on any atom is -0.349 e. The van der Waals surface area contributed by atoms with Gasteiger partial charge in [-0.3, -0.25) is 4.79 Å². The molecule has 2 aromatic rings. The minimum atomic E-state index is 0.0807. The van der Waals surface area contributed by atoms with Crippen molar-refractivity contribution in [3.63, 3.8) is 0 Å². The molecular weight excluding hydrogens is 270 g/mol. The SMILES string of the molecule is O=C(N[C@@H]1C[C@H]2CC[C@@H]1C2)c1ccc(-c2ccccc2)cc1. The van der Waals surface area contributed by atoms with E-state index in [1.54, 1.807) is 0 Å². The van der Waals surface area contributed by atoms with Crippen molar-refractivity contribution in [1.29, 1.82) is 0 Å². The van der Waals surface area contributed by atoms with E-state index < -0.39 is 0 Å². The molecule has 3 atom stereocenters. The molecule has 2 aromatic carbocycles. The van der Waals surface area contributed by atoms with Gasteiger partial charge >= 0.3 is 0 Å². The Hall–Kier alpha value is -2.09. The van der Waals surface area contributed by atoms with Crippen molar-refractivity contribution in [3.8, 4) is 11.1 Å². The Bertz CT molecular complexity index is 662. The lowest BCUT2D eigenvalue weighted by molar-refractivity contribution is 0.0923. The van der Waals surface area contributed by atoms with Crippen LogP contribution in [0, 0.1) is 11.8 Å². The lowest BCUT2D eigenvalue weighted by Crippen LogP contribution is -2.38. The summed E-state index contributed by atoms with van der Waals surface area (Å²) in [4.78, 5) is 12.4. The Morgan fingerprint density at radius 2 is 1.59 bits per heavy atom. The zero-order chi connectivity index (χ0) is 14.9. The highest BCUT2D eigenvalue weighted by atomic mass is 16.1. The van der Waals surface area contributed by atoms with Gasteiger partial charge in [0.25, 0.3) is 5.91 Å². The predicted octanol–water partition coefficient (Wildman–Crippen LogP) is 4.27. The van der Waals surface area contributed by atoms with Gasteiger partial charge in [-0.05, 0) is 54.4 Å². The lowest BCUT2D eigenvalue weighted by Gasteiger charge is -2.22. The van der Waals surface area contributed by atoms with E-state index in [4.69, 9.17) is 0 Å². The number of amides is 1. The number of hydrogen-bond acceptors (Lipinski definition) is 1. The van der Waals surface area contributed by atoms with Crippen LogP contribution in [0.5, 0.6) is 0 Å². The molecule has 0 aliphatic heterocycles. The molecule has 0 unspecified atom stereocenters. The molecule has 1 amide bonds. The van der Waals surface area contributed by atoms with Crippen molar-refractivity contribution in [2.24, 2.45) is 11.8 Å². The van der Waals surface area contributed by atoms with Crippen molar-refractivity contribution in [2.75, 3.05) is 0 Å². The molecule has 2 saturated carbocycles. The van der Waals surface area contributed by atoms with Crippen LogP contribution in [0.4, 0.5) is 0 Å². The Balaban J connectivity index is 1.45. The number of nitrogens with one attached hydrogen (secondary N) is 1. The number of carbonyl (C=O) groups is 1. The van der Waals surface area contributed by atoms with E-state index in [-0.39, 0.29) is 5.91 Å². The highest BCUT2D eigenvalue weighted by molar-refractivity contribution is 5.94. The standard InChI is InChI=1S/C20H21NO/c22-20(21-19-13-14-6-7-18(19)12-14)17-10-8-16(9-11-17)15-4-2-1-3-5-15/h1-5,8-11,14,18-19H,6-7,12-13H2,(H,21,22)/t14-,18+,19+/m0/s1. The molecule has 0 spiro atoms. The maximum Gasteiger partial charge on any atom is 0.251 e. The summed E-state index contributed by atoms with van der Waals surface area (Å²) in [5.74, 6) is 1.66. The Morgan fingerprint density at radius 3 is 2.23 bits per heavy atom. The van der Waals surface area contributed by atoms with E-state index in [0.717, 1.165) is 23.0 Å². The zero-order valence-electron chi connectivity index (χ0n) is 12.7. The van der Waals surface area contributed by atoms with Gasteiger partial charge in [0.15, 0.2) is 0 Å². The molecule has 4 rings (SSSR count). The molecule has 2 heteroatoms. The van der Waals surface area contributed by atoms with Crippen LogP contribution < -0.4 is 5.32 Å². The minimum absolute atomic E-state index is 0.0807. The summed E-state index contributed by atoms with van der Waals surface area (Å²) in [6.45, 7) is 0. The molecule has 112 valence electrons. The first-order valence-corrected chi connectivity index (χ1v) is 8.26. The maximum absolute atomic E-state index is 12.4. The zero-order valence-corrected chi connectivity index (χ0v) is 12.7. The normalized spacial score (nSPS) is 26.1. The molecule has 2 aliphatic rings. The van der Waals surface area contributed by atoms with Gasteiger partial charge in [-0.2, -0.15) is 0 Å². The fourth-order valence-electron chi connectivity index (χ4n) is 4.12. The topological polar surface area (TPSA) is 29.1 Å². The Morgan fingerprint density at radius 1 is 0.864 bits per heavy atom. The van der Waals surface area contributed by atoms with Gasteiger partial charge in [-0.15, -0.1) is 0 Å². The van der Waals surface area contributed by atoms with Gasteiger partial charge in [0.2, 0.25) is 0 Å². The smallest absolute Gasteiger partial charge is 0.251 e. The van der Waals surface area contributed by atoms with E-state index in [2.05, 4.69) is 17.4 Å². The third-order valence-corrected chi connectivity index (χ3v) is 5.31. The predicted molar refractivity (Wildman–Crippen MR) is 88.6 cm³/mol. The summed E-state index contributed by atoms with van der Waals surface area (Å²) in [7, 11) is 0. The average Bonchev–Trinajstić information content (AvgIpc) is 3.19. The van der Waals surface area contributed by atoms with Crippen LogP contribution in [-0.4, -0.2) is 11.9 Å². The summed E-state index contributed by atoms with van der Waals surface area (Å²) < 4.78 is 0. The molecule has 0 radical (unpaired) electrons. The van der Waals surface area contributed by atoms with Crippen LogP contribution in [0.3, 0.4) is 0 Å². The lowest BCUT2D eigenvalue weighted by atomic mass is 9.95. The highest BCUT2D eigenvalue weighted by Gasteiger charge is 2.40. The van der Waals surface area contributed by atoms with Gasteiger partial charge in [0.05, 0.1) is 0 Å². The van der Waals surface area contributed by atoms with E-state index in [9.17, 15) is 4.79 Å². The molecule has 2 bridgehead atoms. The average molecular weight is 291 g/mol. The number of benzene rings is 2. The molecule has 1 N–H and O–H groups in total. The largest absolute Gasteiger partial charge is 0.349 e. The number of fused-ring (bicyclic) bond motifs is 2. The number of hydrogen-bond donors (Lipinski definition) is 1. The van der Waals surface area contributed by atoms with E-state index in [1.807, 2.05) is 42.5 Å². The summed E-state index contributed by atoms with van der Waals surface area (Å²) >= 11 is 0. The van der Waals surface area contributed by atoms with Gasteiger partial charge in [0, 0.05) is 11.6 Å². The third kappa shape index (κ3) is 2.54. The van der Waals surface area contributed by atoms with Crippen molar-refractivity contribution >= 4 is 5.91 Å². The van der Waals surface area contributed by atoms with Crippen LogP contribution in [0.1, 0.15) is 36.0 Å². The van der Waals surface area contributed by atoms with Crippen molar-refractivity contribution in [2.45, 2.75) is 31.7 Å². The molecule has 0 saturated heterocycles. The molecule has 22 heavy (non-hydrogen) atoms. The highest BCUT2D eigenvalue weighted by Crippen LogP contribution is 2.44. The monoisotopic (exact) mass is 291 g/mol. The van der Waals surface area contributed by atoms with Crippen molar-refractivity contribution < 1.29 is 4.79 Å². The first kappa shape index (κ1) is 13.6. The summed E-state index contributed by atoms with van der Waals surface area (Å²) in [5, 5.41) is 3.25. The summed E-state index contributed by atoms with van der Waals surface area (Å²) in [6.07, 6.45) is 5.15. The van der Waals surface area contributed by atoms with Gasteiger partial charge in [-0.25, -0.2) is 0 Å². The maximum atomic E-state index is 12.4. The van der Waals surface area contributed by atoms with Crippen LogP contribution in [0.2, 0.25) is 0 Å². The molecule has 2 nitrogen and oxygen atoms in total. The second-order valence-electron chi connectivity index (χ2n) is 6.70. The third-order valence-electron chi connectivity index (χ3n) is 5.31. The molecular formula is C20H21NO. The van der Waals surface area contributed by atoms with Crippen LogP contribution >= 0.6 is 0 Å². The fourth-order valence-corrected chi connectivity index (χ4v) is 4.12. The second kappa shape index (κ2) is 5.60. The van der Waals surface area contributed by atoms with Gasteiger partial charge in [0.1, 0.15) is 0 Å². The van der Waals surface area contributed by atoms with E-state index in [1.165, 1.54) is 31.2 Å². The van der Waals surface area contributed by atoms with E-state index in [0.29, 0.717) is 6.04 Å². The molecule has 2 fully saturated rings. The quantitative estimate of drug-likeness (QED) is 0.899. The Labute approximate surface area is 131 Å². The van der Waals surface area contributed by atoms with Crippen LogP contribution in [0.25, 0.3) is 11.1 Å². The second-order valence-corrected chi connectivity index (χ2v) is 6.70. The molecule has 0 aromatic heterocycles. The van der Waals surface area contributed by atoms with Crippen molar-refractivity contribution in [3.05, 3.63) is 60.2 Å². The first-order valence-electron chi connectivity index (χ1n) is 8.26.